The molecule has 0 bridgehead atoms. The number of hydrogen-bond acceptors (Lipinski definition) is 5. The first-order valence-corrected chi connectivity index (χ1v) is 9.37. The molecule has 5 heteroatoms. The highest BCUT2D eigenvalue weighted by Gasteiger charge is 2.27. The van der Waals surface area contributed by atoms with Crippen molar-refractivity contribution in [3.8, 4) is 0 Å². The quantitative estimate of drug-likeness (QED) is 0.923. The maximum Gasteiger partial charge on any atom is 0.142 e. The topological polar surface area (TPSA) is 37.8 Å². The first-order chi connectivity index (χ1) is 9.54. The summed E-state index contributed by atoms with van der Waals surface area (Å²) in [5.41, 5.74) is 3.61. The first kappa shape index (κ1) is 16.1. The average Bonchev–Trinajstić information content (AvgIpc) is 2.38. The van der Waals surface area contributed by atoms with Crippen LogP contribution in [0.4, 0.5) is 0 Å². The number of likely N-dealkylation sites (N-methyl/N-ethyl adjacent to an activating group) is 1. The van der Waals surface area contributed by atoms with E-state index in [1.165, 1.54) is 17.1 Å². The maximum absolute atomic E-state index is 4.84. The van der Waals surface area contributed by atoms with E-state index in [1.54, 1.807) is 0 Å². The minimum atomic E-state index is 0.444. The summed E-state index contributed by atoms with van der Waals surface area (Å²) in [6, 6.07) is 0. The molecule has 112 valence electrons. The molecule has 1 saturated heterocycles. The summed E-state index contributed by atoms with van der Waals surface area (Å²) in [5.74, 6) is 3.95. The third-order valence-corrected chi connectivity index (χ3v) is 6.88. The normalized spacial score (nSPS) is 24.6. The molecule has 1 aromatic heterocycles. The Balaban J connectivity index is 2.29. The van der Waals surface area contributed by atoms with Gasteiger partial charge in [-0.2, -0.15) is 11.8 Å². The SMILES string of the molecule is CNCC(C)c1c(C)nc(C2SCCSC2C)nc1C. The number of thioether (sulfide) groups is 2. The molecule has 3 nitrogen and oxygen atoms in total. The smallest absolute Gasteiger partial charge is 0.142 e. The lowest BCUT2D eigenvalue weighted by Crippen LogP contribution is -2.21. The Hall–Kier alpha value is -0.260. The molecule has 0 amide bonds. The predicted molar refractivity (Wildman–Crippen MR) is 91.0 cm³/mol. The van der Waals surface area contributed by atoms with Crippen molar-refractivity contribution in [1.82, 2.24) is 15.3 Å². The van der Waals surface area contributed by atoms with Crippen molar-refractivity contribution in [3.63, 3.8) is 0 Å². The van der Waals surface area contributed by atoms with Gasteiger partial charge in [0.05, 0.1) is 5.25 Å². The fraction of sp³-hybridized carbons (Fsp3) is 0.733. The summed E-state index contributed by atoms with van der Waals surface area (Å²) in [4.78, 5) is 9.68. The Morgan fingerprint density at radius 3 is 2.35 bits per heavy atom. The lowest BCUT2D eigenvalue weighted by Gasteiger charge is -2.27. The van der Waals surface area contributed by atoms with Crippen molar-refractivity contribution in [2.75, 3.05) is 25.1 Å². The maximum atomic E-state index is 4.84. The molecular formula is C15H25N3S2. The summed E-state index contributed by atoms with van der Waals surface area (Å²) in [7, 11) is 1.99. The van der Waals surface area contributed by atoms with Gasteiger partial charge in [-0.25, -0.2) is 9.97 Å². The van der Waals surface area contributed by atoms with Gasteiger partial charge in [0.2, 0.25) is 0 Å². The highest BCUT2D eigenvalue weighted by Crippen LogP contribution is 2.41. The summed E-state index contributed by atoms with van der Waals surface area (Å²) in [6.07, 6.45) is 0. The van der Waals surface area contributed by atoms with E-state index in [-0.39, 0.29) is 0 Å². The molecule has 0 aromatic carbocycles. The number of nitrogens with zero attached hydrogens (tertiary/aromatic N) is 2. The van der Waals surface area contributed by atoms with Crippen molar-refractivity contribution < 1.29 is 0 Å². The van der Waals surface area contributed by atoms with Crippen LogP contribution in [-0.2, 0) is 0 Å². The Morgan fingerprint density at radius 1 is 1.20 bits per heavy atom. The number of aromatic nitrogens is 2. The van der Waals surface area contributed by atoms with Crippen molar-refractivity contribution >= 4 is 23.5 Å². The molecule has 1 aliphatic heterocycles. The van der Waals surface area contributed by atoms with E-state index < -0.39 is 0 Å². The molecule has 0 aliphatic carbocycles. The molecular weight excluding hydrogens is 286 g/mol. The zero-order valence-electron chi connectivity index (χ0n) is 13.1. The van der Waals surface area contributed by atoms with Gasteiger partial charge < -0.3 is 5.32 Å². The van der Waals surface area contributed by atoms with Gasteiger partial charge in [-0.05, 0) is 32.4 Å². The summed E-state index contributed by atoms with van der Waals surface area (Å²) < 4.78 is 0. The van der Waals surface area contributed by atoms with E-state index in [4.69, 9.17) is 9.97 Å². The zero-order chi connectivity index (χ0) is 14.7. The van der Waals surface area contributed by atoms with Crippen molar-refractivity contribution in [2.24, 2.45) is 0 Å². The molecule has 1 fully saturated rings. The van der Waals surface area contributed by atoms with Crippen LogP contribution in [0.25, 0.3) is 0 Å². The second-order valence-electron chi connectivity index (χ2n) is 5.49. The summed E-state index contributed by atoms with van der Waals surface area (Å²) >= 11 is 4.05. The van der Waals surface area contributed by atoms with Gasteiger partial charge in [-0.3, -0.25) is 0 Å². The fourth-order valence-electron chi connectivity index (χ4n) is 2.92. The Kier molecular flexibility index (Phi) is 5.75. The van der Waals surface area contributed by atoms with Crippen LogP contribution >= 0.6 is 23.5 Å². The second-order valence-corrected chi connectivity index (χ2v) is 8.23. The van der Waals surface area contributed by atoms with Crippen LogP contribution in [-0.4, -0.2) is 40.3 Å². The van der Waals surface area contributed by atoms with E-state index in [0.29, 0.717) is 16.4 Å². The fourth-order valence-corrected chi connectivity index (χ4v) is 5.60. The van der Waals surface area contributed by atoms with E-state index in [1.807, 2.05) is 30.6 Å². The van der Waals surface area contributed by atoms with Crippen molar-refractivity contribution in [1.29, 1.82) is 0 Å². The van der Waals surface area contributed by atoms with Crippen LogP contribution in [0.2, 0.25) is 0 Å². The van der Waals surface area contributed by atoms with E-state index >= 15 is 0 Å². The van der Waals surface area contributed by atoms with Gasteiger partial charge in [-0.1, -0.05) is 13.8 Å². The molecule has 0 spiro atoms. The van der Waals surface area contributed by atoms with E-state index in [0.717, 1.165) is 23.8 Å². The van der Waals surface area contributed by atoms with Crippen LogP contribution in [0.15, 0.2) is 0 Å². The Bertz CT molecular complexity index is 441. The van der Waals surface area contributed by atoms with Gasteiger partial charge in [0.1, 0.15) is 5.82 Å². The zero-order valence-corrected chi connectivity index (χ0v) is 14.7. The standard InChI is InChI=1S/C15H25N3S2/c1-9(8-16-5)13-10(2)17-15(18-11(13)3)14-12(4)19-6-7-20-14/h9,12,14,16H,6-8H2,1-5H3. The minimum absolute atomic E-state index is 0.444. The molecule has 1 N–H and O–H groups in total. The molecule has 0 radical (unpaired) electrons. The molecule has 0 saturated carbocycles. The monoisotopic (exact) mass is 311 g/mol. The Morgan fingerprint density at radius 2 is 1.80 bits per heavy atom. The first-order valence-electron chi connectivity index (χ1n) is 7.27. The molecule has 1 aromatic rings. The lowest BCUT2D eigenvalue weighted by atomic mass is 9.98. The molecule has 3 atom stereocenters. The number of aryl methyl sites for hydroxylation is 2. The molecule has 1 aliphatic rings. The predicted octanol–water partition coefficient (Wildman–Crippen LogP) is 3.33. The van der Waals surface area contributed by atoms with Gasteiger partial charge in [-0.15, -0.1) is 11.8 Å². The number of rotatable bonds is 4. The number of hydrogen-bond donors (Lipinski definition) is 1. The largest absolute Gasteiger partial charge is 0.319 e. The third kappa shape index (κ3) is 3.49. The summed E-state index contributed by atoms with van der Waals surface area (Å²) in [6.45, 7) is 9.76. The molecule has 2 rings (SSSR count). The van der Waals surface area contributed by atoms with Crippen LogP contribution in [0, 0.1) is 13.8 Å². The highest BCUT2D eigenvalue weighted by atomic mass is 32.2. The van der Waals surface area contributed by atoms with Gasteiger partial charge >= 0.3 is 0 Å². The number of nitrogens with one attached hydrogen (secondary N) is 1. The van der Waals surface area contributed by atoms with Crippen LogP contribution < -0.4 is 5.32 Å². The average molecular weight is 312 g/mol. The minimum Gasteiger partial charge on any atom is -0.319 e. The van der Waals surface area contributed by atoms with Crippen molar-refractivity contribution in [3.05, 3.63) is 22.8 Å². The lowest BCUT2D eigenvalue weighted by molar-refractivity contribution is 0.656. The van der Waals surface area contributed by atoms with Crippen LogP contribution in [0.3, 0.4) is 0 Å². The van der Waals surface area contributed by atoms with Gasteiger partial charge in [0.25, 0.3) is 0 Å². The Labute approximate surface area is 131 Å². The van der Waals surface area contributed by atoms with E-state index in [2.05, 4.69) is 33.0 Å². The molecule has 20 heavy (non-hydrogen) atoms. The highest BCUT2D eigenvalue weighted by molar-refractivity contribution is 8.06. The van der Waals surface area contributed by atoms with Gasteiger partial charge in [0, 0.05) is 34.7 Å². The third-order valence-electron chi connectivity index (χ3n) is 3.79. The van der Waals surface area contributed by atoms with Crippen LogP contribution in [0.5, 0.6) is 0 Å². The van der Waals surface area contributed by atoms with Gasteiger partial charge in [0.15, 0.2) is 0 Å². The van der Waals surface area contributed by atoms with Crippen molar-refractivity contribution in [2.45, 2.75) is 44.1 Å². The molecule has 3 unspecified atom stereocenters. The van der Waals surface area contributed by atoms with Crippen LogP contribution in [0.1, 0.15) is 47.8 Å². The molecule has 2 heterocycles. The van der Waals surface area contributed by atoms with E-state index in [9.17, 15) is 0 Å². The second kappa shape index (κ2) is 7.14. The summed E-state index contributed by atoms with van der Waals surface area (Å²) in [5, 5.41) is 4.29.